The average molecular weight is 1690 g/mol. The predicted octanol–water partition coefficient (Wildman–Crippen LogP) is -0.671. The van der Waals surface area contributed by atoms with Crippen molar-refractivity contribution in [2.24, 2.45) is 67.8 Å². The van der Waals surface area contributed by atoms with Crippen molar-refractivity contribution in [2.75, 3.05) is 26.2 Å². The van der Waals surface area contributed by atoms with Crippen LogP contribution >= 0.6 is 0 Å². The molecule has 4 saturated carbocycles. The highest BCUT2D eigenvalue weighted by atomic mass is 16.4. The number of aliphatic hydroxyl groups excluding tert-OH is 12. The number of carbonyl (C=O) groups is 12. The Bertz CT molecular complexity index is 3800. The highest BCUT2D eigenvalue weighted by molar-refractivity contribution is 5.93. The quantitative estimate of drug-likeness (QED) is 0.00898. The molecule has 0 spiro atoms. The highest BCUT2D eigenvalue weighted by Crippen LogP contribution is 2.50. The lowest BCUT2D eigenvalue weighted by Crippen LogP contribution is -2.53. The Labute approximate surface area is 687 Å². The molecule has 8 fully saturated rings. The molecule has 0 aromatic carbocycles. The van der Waals surface area contributed by atoms with Crippen LogP contribution in [0, 0.1) is 96.7 Å². The number of carboxylic acids is 4. The van der Waals surface area contributed by atoms with Gasteiger partial charge in [0.2, 0.25) is 23.6 Å². The summed E-state index contributed by atoms with van der Waals surface area (Å²) < 4.78 is 0. The number of hydrogen-bond donors (Lipinski definition) is 16. The van der Waals surface area contributed by atoms with E-state index in [0.29, 0.717) is 77.3 Å². The summed E-state index contributed by atoms with van der Waals surface area (Å²) in [4.78, 5) is 162. The maximum atomic E-state index is 13.0. The van der Waals surface area contributed by atoms with Crippen molar-refractivity contribution in [1.82, 2.24) is 19.6 Å². The van der Waals surface area contributed by atoms with Crippen molar-refractivity contribution in [2.45, 2.75) is 276 Å². The van der Waals surface area contributed by atoms with Gasteiger partial charge in [0.25, 0.3) is 0 Å². The van der Waals surface area contributed by atoms with Gasteiger partial charge >= 0.3 is 23.9 Å². The summed E-state index contributed by atoms with van der Waals surface area (Å²) >= 11 is 0. The van der Waals surface area contributed by atoms with Gasteiger partial charge in [-0.05, 0) is 73.5 Å². The minimum absolute atomic E-state index is 0.0314. The number of rotatable bonds is 44. The Morgan fingerprint density at radius 1 is 0.292 bits per heavy atom. The van der Waals surface area contributed by atoms with Crippen LogP contribution in [0.3, 0.4) is 0 Å². The molecule has 0 aromatic rings. The molecule has 4 heterocycles. The predicted molar refractivity (Wildman–Crippen MR) is 410 cm³/mol. The van der Waals surface area contributed by atoms with Gasteiger partial charge in [-0.15, -0.1) is 49.4 Å². The lowest BCUT2D eigenvalue weighted by Gasteiger charge is -2.30. The second-order valence-corrected chi connectivity index (χ2v) is 30.7. The SMILES string of the molecule is C#CCC(CC(=O)CCCCCN=[N+]=[N-])C(=O)N1C2C(O)C(O)C(O)C(C(=O)O)C21.C#CCC(CC(=O)CCCCCN=[N+]=[N-])C(=O)N1C2C1[C@H](C(=O)O)[C@@H](O)[C@H](O)[C@H]2O.C#CCCCCCC(=O)CC(CN=[N+]=[N-])C(=O)N1C2C(O)C(O)C(O)C(C(=O)O)C21.C#CCCCCCC(=O)CC(CN=[N+]=[N-])C(=O)N1C2C1[C@H](C(=O)O)[C@@H](O)[C@H](O)[C@H]2O. The first-order valence-electron chi connectivity index (χ1n) is 39.2. The Kier molecular flexibility index (Phi) is 40.0. The van der Waals surface area contributed by atoms with Crippen molar-refractivity contribution in [3.05, 3.63) is 41.8 Å². The maximum absolute atomic E-state index is 13.0. The molecule has 4 amide bonds. The van der Waals surface area contributed by atoms with Crippen LogP contribution in [0.25, 0.3) is 41.8 Å². The van der Waals surface area contributed by atoms with Crippen molar-refractivity contribution in [3.8, 4) is 49.4 Å². The van der Waals surface area contributed by atoms with Gasteiger partial charge in [-0.3, -0.25) is 57.5 Å². The summed E-state index contributed by atoms with van der Waals surface area (Å²) in [5.41, 5.74) is 33.6. The molecule has 20 unspecified atom stereocenters. The number of carboxylic acid groups (broad SMARTS) is 4. The minimum atomic E-state index is -1.74. The fourth-order valence-corrected chi connectivity index (χ4v) is 16.5. The number of nitrogens with zero attached hydrogens (tertiary/aromatic N) is 16. The van der Waals surface area contributed by atoms with Crippen LogP contribution in [0.4, 0.5) is 0 Å². The van der Waals surface area contributed by atoms with Gasteiger partial charge in [-0.25, -0.2) is 0 Å². The first-order valence-corrected chi connectivity index (χ1v) is 39.2. The number of carbonyl (C=O) groups excluding carboxylic acids is 8. The number of terminal acetylenes is 4. The summed E-state index contributed by atoms with van der Waals surface area (Å²) in [5.74, 6) is -8.62. The molecule has 120 heavy (non-hydrogen) atoms. The van der Waals surface area contributed by atoms with Gasteiger partial charge in [0.05, 0.1) is 96.4 Å². The number of aliphatic hydroxyl groups is 12. The number of likely N-dealkylation sites (tertiary alicyclic amines) is 4. The average Bonchev–Trinajstić information content (AvgIpc) is 1.57. The summed E-state index contributed by atoms with van der Waals surface area (Å²) in [6.45, 7) is 0.108. The topological polar surface area (TPSA) is 736 Å². The number of unbranched alkanes of at least 4 members (excludes halogenated alkanes) is 10. The fraction of sp³-hybridized carbons (Fsp3) is 0.737. The molecule has 4 aliphatic heterocycles. The molecule has 656 valence electrons. The summed E-state index contributed by atoms with van der Waals surface area (Å²) in [6, 6.07) is -7.76. The second kappa shape index (κ2) is 48.0. The van der Waals surface area contributed by atoms with E-state index in [0.717, 1.165) is 45.3 Å². The van der Waals surface area contributed by atoms with Gasteiger partial charge in [0, 0.05) is 123 Å². The standard InChI is InChI=1S/4C19H26N4O7/c2*1-2-6-10(9-11(24)7-4-3-5-8-21-22-20)18(28)23-13-12(19(29)30)15(25)17(27)16(26)14(13)23;2*1-2-3-4-5-6-7-11(24)8-10(9-21-22-20)18(28)23-13-12(19(29)30)15(25)17(27)16(26)14(13)23/h4*1,10,12-17,25-27H,3-9H2,(H,29,30)/t10?,12-,13?,14?,15+,16-,17-,23?;;10?,12-,13?,14?,15+,16-,17-,23?;/m0.0./s1. The first kappa shape index (κ1) is 100. The van der Waals surface area contributed by atoms with E-state index in [1.54, 1.807) is 0 Å². The molecule has 0 aromatic heterocycles. The zero-order chi connectivity index (χ0) is 89.7. The lowest BCUT2D eigenvalue weighted by molar-refractivity contribution is -0.157. The molecule has 8 rings (SSSR count). The second-order valence-electron chi connectivity index (χ2n) is 30.7. The van der Waals surface area contributed by atoms with E-state index >= 15 is 0 Å². The zero-order valence-electron chi connectivity index (χ0n) is 65.5. The third-order valence-corrected chi connectivity index (χ3v) is 22.8. The molecule has 28 atom stereocenters. The van der Waals surface area contributed by atoms with Crippen LogP contribution in [0.5, 0.6) is 0 Å². The highest BCUT2D eigenvalue weighted by Gasteiger charge is 2.72. The monoisotopic (exact) mass is 1690 g/mol. The Balaban J connectivity index is 0.000000285. The Morgan fingerprint density at radius 2 is 0.517 bits per heavy atom. The van der Waals surface area contributed by atoms with Gasteiger partial charge in [0.15, 0.2) is 0 Å². The van der Waals surface area contributed by atoms with Crippen LogP contribution in [0.2, 0.25) is 0 Å². The molecule has 8 aliphatic rings. The van der Waals surface area contributed by atoms with E-state index in [-0.39, 0.29) is 100 Å². The number of aliphatic carboxylic acids is 4. The van der Waals surface area contributed by atoms with Crippen LogP contribution in [0.15, 0.2) is 20.5 Å². The number of amides is 4. The van der Waals surface area contributed by atoms with Crippen LogP contribution in [-0.4, -0.2) is 320 Å². The van der Waals surface area contributed by atoms with E-state index in [4.69, 9.17) is 47.8 Å². The maximum Gasteiger partial charge on any atom is 0.311 e. The molecular formula is C76H104N16O28. The Morgan fingerprint density at radius 3 is 0.733 bits per heavy atom. The fourth-order valence-electron chi connectivity index (χ4n) is 16.5. The molecule has 0 bridgehead atoms. The third kappa shape index (κ3) is 25.7. The number of azide groups is 4. The van der Waals surface area contributed by atoms with Crippen molar-refractivity contribution < 1.29 is 139 Å². The number of fused-ring (bicyclic) bond motifs is 4. The molecule has 0 radical (unpaired) electrons. The smallest absolute Gasteiger partial charge is 0.311 e. The van der Waals surface area contributed by atoms with Gasteiger partial charge < -0.3 is 101 Å². The van der Waals surface area contributed by atoms with E-state index in [1.807, 2.05) is 0 Å². The summed E-state index contributed by atoms with van der Waals surface area (Å²) in [7, 11) is 0. The first-order chi connectivity index (χ1) is 57.0. The van der Waals surface area contributed by atoms with E-state index < -0.39 is 216 Å². The summed E-state index contributed by atoms with van der Waals surface area (Å²) in [5, 5.41) is 171. The molecule has 4 saturated heterocycles. The normalized spacial score (nSPS) is 30.4. The van der Waals surface area contributed by atoms with E-state index in [2.05, 4.69) is 63.8 Å². The number of hydrogen-bond acceptors (Lipinski definition) is 28. The van der Waals surface area contributed by atoms with Crippen LogP contribution < -0.4 is 0 Å². The van der Waals surface area contributed by atoms with Gasteiger partial charge in [0.1, 0.15) is 95.6 Å². The minimum Gasteiger partial charge on any atom is -0.481 e. The zero-order valence-corrected chi connectivity index (χ0v) is 65.5. The van der Waals surface area contributed by atoms with Gasteiger partial charge in [-0.2, -0.15) is 0 Å². The van der Waals surface area contributed by atoms with Crippen molar-refractivity contribution in [3.63, 3.8) is 0 Å². The molecule has 44 nitrogen and oxygen atoms in total. The summed E-state index contributed by atoms with van der Waals surface area (Å²) in [6.07, 6.45) is 10.9. The van der Waals surface area contributed by atoms with E-state index in [9.17, 15) is 139 Å². The van der Waals surface area contributed by atoms with Crippen LogP contribution in [0.1, 0.15) is 154 Å². The van der Waals surface area contributed by atoms with Gasteiger partial charge in [-0.1, -0.05) is 46.1 Å². The molecule has 16 N–H and O–H groups in total. The third-order valence-electron chi connectivity index (χ3n) is 22.8. The Hall–Kier alpha value is -10.6. The number of ketones is 4. The molecular weight excluding hydrogens is 1580 g/mol. The van der Waals surface area contributed by atoms with Crippen molar-refractivity contribution in [1.29, 1.82) is 0 Å². The molecule has 44 heteroatoms. The van der Waals surface area contributed by atoms with Crippen LogP contribution in [-0.2, 0) is 57.5 Å². The number of Topliss-reactive ketones (excluding diaryl/α,β-unsaturated/α-hetero) is 4. The lowest BCUT2D eigenvalue weighted by atomic mass is 9.83. The largest absolute Gasteiger partial charge is 0.481 e. The van der Waals surface area contributed by atoms with Crippen molar-refractivity contribution >= 4 is 70.6 Å². The van der Waals surface area contributed by atoms with E-state index in [1.165, 1.54) is 0 Å². The molecule has 4 aliphatic carbocycles.